The minimum atomic E-state index is -0.257. The van der Waals surface area contributed by atoms with Gasteiger partial charge in [0.1, 0.15) is 5.75 Å². The van der Waals surface area contributed by atoms with Gasteiger partial charge in [0.2, 0.25) is 0 Å². The van der Waals surface area contributed by atoms with E-state index in [9.17, 15) is 4.79 Å². The van der Waals surface area contributed by atoms with Crippen molar-refractivity contribution in [3.63, 3.8) is 0 Å². The van der Waals surface area contributed by atoms with Crippen molar-refractivity contribution in [1.82, 2.24) is 4.90 Å². The molecule has 0 bridgehead atoms. The van der Waals surface area contributed by atoms with E-state index in [1.807, 2.05) is 12.1 Å². The van der Waals surface area contributed by atoms with Crippen LogP contribution in [0.2, 0.25) is 0 Å². The first kappa shape index (κ1) is 16.0. The van der Waals surface area contributed by atoms with Crippen LogP contribution in [-0.4, -0.2) is 30.5 Å². The van der Waals surface area contributed by atoms with E-state index in [0.29, 0.717) is 11.8 Å². The van der Waals surface area contributed by atoms with E-state index in [0.717, 1.165) is 13.0 Å². The summed E-state index contributed by atoms with van der Waals surface area (Å²) in [5.41, 5.74) is 1.51. The molecular formula is C18H27NO2. The predicted molar refractivity (Wildman–Crippen MR) is 85.7 cm³/mol. The van der Waals surface area contributed by atoms with Gasteiger partial charge in [-0.1, -0.05) is 32.4 Å². The van der Waals surface area contributed by atoms with Gasteiger partial charge >= 0.3 is 5.97 Å². The van der Waals surface area contributed by atoms with Gasteiger partial charge < -0.3 is 9.64 Å². The molecule has 2 unspecified atom stereocenters. The molecule has 1 saturated heterocycles. The number of nitrogens with zero attached hydrogens (tertiary/aromatic N) is 1. The largest absolute Gasteiger partial charge is 0.427 e. The Balaban J connectivity index is 2.40. The normalized spacial score (nSPS) is 26.0. The first-order valence-corrected chi connectivity index (χ1v) is 8.02. The summed E-state index contributed by atoms with van der Waals surface area (Å²) in [7, 11) is 2.22. The molecule has 0 aromatic heterocycles. The zero-order valence-electron chi connectivity index (χ0n) is 13.7. The number of likely N-dealkylation sites (N-methyl/N-ethyl adjacent to an activating group) is 1. The summed E-state index contributed by atoms with van der Waals surface area (Å²) in [6.07, 6.45) is 4.68. The highest BCUT2D eigenvalue weighted by atomic mass is 16.5. The van der Waals surface area contributed by atoms with Crippen molar-refractivity contribution < 1.29 is 9.53 Å². The molecule has 116 valence electrons. The molecule has 3 heteroatoms. The molecule has 0 aliphatic carbocycles. The lowest BCUT2D eigenvalue weighted by molar-refractivity contribution is -0.131. The fourth-order valence-electron chi connectivity index (χ4n) is 4.08. The molecule has 3 nitrogen and oxygen atoms in total. The van der Waals surface area contributed by atoms with Crippen LogP contribution in [0.4, 0.5) is 0 Å². The fourth-order valence-corrected chi connectivity index (χ4v) is 4.08. The average Bonchev–Trinajstić information content (AvgIpc) is 2.76. The van der Waals surface area contributed by atoms with Crippen LogP contribution in [0.15, 0.2) is 24.3 Å². The zero-order chi connectivity index (χ0) is 15.5. The van der Waals surface area contributed by atoms with Crippen LogP contribution < -0.4 is 4.74 Å². The Kier molecular flexibility index (Phi) is 5.04. The van der Waals surface area contributed by atoms with E-state index in [-0.39, 0.29) is 11.4 Å². The van der Waals surface area contributed by atoms with Crippen molar-refractivity contribution in [1.29, 1.82) is 0 Å². The molecule has 0 radical (unpaired) electrons. The maximum atomic E-state index is 11.2. The van der Waals surface area contributed by atoms with Gasteiger partial charge in [-0.2, -0.15) is 0 Å². The van der Waals surface area contributed by atoms with Gasteiger partial charge in [-0.15, -0.1) is 0 Å². The lowest BCUT2D eigenvalue weighted by Crippen LogP contribution is -2.40. The minimum Gasteiger partial charge on any atom is -0.427 e. The molecule has 1 aromatic rings. The van der Waals surface area contributed by atoms with Crippen molar-refractivity contribution >= 4 is 5.97 Å². The molecule has 0 spiro atoms. The Bertz CT molecular complexity index is 496. The summed E-state index contributed by atoms with van der Waals surface area (Å²) in [5, 5.41) is 0. The molecule has 2 atom stereocenters. The van der Waals surface area contributed by atoms with E-state index in [1.165, 1.54) is 31.7 Å². The number of hydrogen-bond donors (Lipinski definition) is 0. The summed E-state index contributed by atoms with van der Waals surface area (Å²) >= 11 is 0. The SMILES string of the molecule is CCCC1(c2cccc(OC(C)=O)c2)CCN(C)C1CC. The van der Waals surface area contributed by atoms with Gasteiger partial charge in [-0.3, -0.25) is 4.79 Å². The zero-order valence-corrected chi connectivity index (χ0v) is 13.7. The number of rotatable bonds is 5. The van der Waals surface area contributed by atoms with E-state index in [4.69, 9.17) is 4.74 Å². The Morgan fingerprint density at radius 2 is 2.19 bits per heavy atom. The van der Waals surface area contributed by atoms with Crippen molar-refractivity contribution in [2.24, 2.45) is 0 Å². The monoisotopic (exact) mass is 289 g/mol. The van der Waals surface area contributed by atoms with Crippen molar-refractivity contribution in [2.45, 2.75) is 57.9 Å². The molecule has 1 heterocycles. The third-order valence-corrected chi connectivity index (χ3v) is 4.83. The summed E-state index contributed by atoms with van der Waals surface area (Å²) in [6, 6.07) is 8.70. The van der Waals surface area contributed by atoms with Crippen LogP contribution in [0.25, 0.3) is 0 Å². The standard InChI is InChI=1S/C18H27NO2/c1-5-10-18(11-12-19(4)17(18)6-2)15-8-7-9-16(13-15)21-14(3)20/h7-9,13,17H,5-6,10-12H2,1-4H3. The first-order chi connectivity index (χ1) is 10.0. The molecule has 0 N–H and O–H groups in total. The molecule has 21 heavy (non-hydrogen) atoms. The van der Waals surface area contributed by atoms with Crippen LogP contribution in [0.1, 0.15) is 52.0 Å². The van der Waals surface area contributed by atoms with E-state index < -0.39 is 0 Å². The number of carbonyl (C=O) groups excluding carboxylic acids is 1. The average molecular weight is 289 g/mol. The highest BCUT2D eigenvalue weighted by Gasteiger charge is 2.45. The molecule has 0 amide bonds. The number of ether oxygens (including phenoxy) is 1. The third kappa shape index (κ3) is 3.13. The Morgan fingerprint density at radius 1 is 1.43 bits per heavy atom. The maximum Gasteiger partial charge on any atom is 0.308 e. The number of hydrogen-bond acceptors (Lipinski definition) is 3. The maximum absolute atomic E-state index is 11.2. The predicted octanol–water partition coefficient (Wildman–Crippen LogP) is 3.76. The Morgan fingerprint density at radius 3 is 2.81 bits per heavy atom. The van der Waals surface area contributed by atoms with Gasteiger partial charge in [-0.25, -0.2) is 0 Å². The van der Waals surface area contributed by atoms with Crippen LogP contribution in [-0.2, 0) is 10.2 Å². The topological polar surface area (TPSA) is 29.5 Å². The first-order valence-electron chi connectivity index (χ1n) is 8.02. The van der Waals surface area contributed by atoms with Gasteiger partial charge in [0, 0.05) is 18.4 Å². The van der Waals surface area contributed by atoms with Gasteiger partial charge in [0.05, 0.1) is 0 Å². The Labute approximate surface area is 128 Å². The lowest BCUT2D eigenvalue weighted by Gasteiger charge is -2.37. The van der Waals surface area contributed by atoms with Crippen LogP contribution in [0, 0.1) is 0 Å². The molecular weight excluding hydrogens is 262 g/mol. The molecule has 1 aliphatic rings. The number of carbonyl (C=O) groups is 1. The van der Waals surface area contributed by atoms with Gasteiger partial charge in [0.25, 0.3) is 0 Å². The highest BCUT2D eigenvalue weighted by Crippen LogP contribution is 2.45. The summed E-state index contributed by atoms with van der Waals surface area (Å²) in [4.78, 5) is 13.7. The number of esters is 1. The highest BCUT2D eigenvalue weighted by molar-refractivity contribution is 5.69. The second-order valence-corrected chi connectivity index (χ2v) is 6.18. The second kappa shape index (κ2) is 6.61. The molecule has 1 aromatic carbocycles. The van der Waals surface area contributed by atoms with E-state index in [1.54, 1.807) is 0 Å². The quantitative estimate of drug-likeness (QED) is 0.610. The fraction of sp³-hybridized carbons (Fsp3) is 0.611. The number of likely N-dealkylation sites (tertiary alicyclic amines) is 1. The summed E-state index contributed by atoms with van der Waals surface area (Å²) < 4.78 is 5.28. The van der Waals surface area contributed by atoms with Crippen molar-refractivity contribution in [3.05, 3.63) is 29.8 Å². The summed E-state index contributed by atoms with van der Waals surface area (Å²) in [5.74, 6) is 0.409. The molecule has 1 aliphatic heterocycles. The summed E-state index contributed by atoms with van der Waals surface area (Å²) in [6.45, 7) is 7.11. The molecule has 0 saturated carbocycles. The second-order valence-electron chi connectivity index (χ2n) is 6.18. The van der Waals surface area contributed by atoms with E-state index in [2.05, 4.69) is 37.9 Å². The Hall–Kier alpha value is -1.35. The minimum absolute atomic E-state index is 0.189. The van der Waals surface area contributed by atoms with E-state index >= 15 is 0 Å². The lowest BCUT2D eigenvalue weighted by atomic mass is 9.70. The van der Waals surface area contributed by atoms with Crippen molar-refractivity contribution in [3.8, 4) is 5.75 Å². The smallest absolute Gasteiger partial charge is 0.308 e. The van der Waals surface area contributed by atoms with Gasteiger partial charge in [0.15, 0.2) is 0 Å². The molecule has 1 fully saturated rings. The number of benzene rings is 1. The van der Waals surface area contributed by atoms with Gasteiger partial charge in [-0.05, 0) is 50.6 Å². The van der Waals surface area contributed by atoms with Crippen molar-refractivity contribution in [2.75, 3.05) is 13.6 Å². The van der Waals surface area contributed by atoms with Crippen LogP contribution >= 0.6 is 0 Å². The van der Waals surface area contributed by atoms with Crippen LogP contribution in [0.3, 0.4) is 0 Å². The molecule has 2 rings (SSSR count). The third-order valence-electron chi connectivity index (χ3n) is 4.83. The van der Waals surface area contributed by atoms with Crippen LogP contribution in [0.5, 0.6) is 5.75 Å².